The number of hydrogen-bond donors (Lipinski definition) is 2. The molecule has 92 valence electrons. The van der Waals surface area contributed by atoms with Crippen LogP contribution in [0.3, 0.4) is 0 Å². The molecule has 8 nitrogen and oxygen atoms in total. The number of aromatic nitrogens is 3. The van der Waals surface area contributed by atoms with Crippen LogP contribution in [0.1, 0.15) is 6.92 Å². The average molecular weight is 259 g/mol. The Morgan fingerprint density at radius 2 is 2.06 bits per heavy atom. The second kappa shape index (κ2) is 5.43. The Labute approximate surface area is 98.8 Å². The number of nitrogens with zero attached hydrogens (tertiary/aromatic N) is 1. The fourth-order valence-electron chi connectivity index (χ4n) is 0.932. The van der Waals surface area contributed by atoms with Crippen LogP contribution in [0.5, 0.6) is 0 Å². The van der Waals surface area contributed by atoms with Crippen LogP contribution in [0.15, 0.2) is 14.6 Å². The minimum Gasteiger partial charge on any atom is -0.468 e. The second-order valence-electron chi connectivity index (χ2n) is 2.94. The summed E-state index contributed by atoms with van der Waals surface area (Å²) in [6.07, 6.45) is 0. The Balaban J connectivity index is 3.02. The molecule has 0 aliphatic carbocycles. The van der Waals surface area contributed by atoms with E-state index >= 15 is 0 Å². The van der Waals surface area contributed by atoms with Gasteiger partial charge in [0, 0.05) is 0 Å². The molecule has 1 rings (SSSR count). The van der Waals surface area contributed by atoms with Gasteiger partial charge in [0.15, 0.2) is 16.1 Å². The van der Waals surface area contributed by atoms with Crippen molar-refractivity contribution in [1.29, 1.82) is 0 Å². The van der Waals surface area contributed by atoms with Crippen molar-refractivity contribution in [2.75, 3.05) is 7.11 Å². The van der Waals surface area contributed by atoms with Crippen molar-refractivity contribution in [3.63, 3.8) is 0 Å². The van der Waals surface area contributed by atoms with E-state index < -0.39 is 28.3 Å². The van der Waals surface area contributed by atoms with Crippen LogP contribution < -0.4 is 11.2 Å². The van der Waals surface area contributed by atoms with Crippen molar-refractivity contribution in [3.8, 4) is 0 Å². The molecular weight excluding hydrogens is 250 g/mol. The summed E-state index contributed by atoms with van der Waals surface area (Å²) in [4.78, 5) is 46.4. The number of carbonyl (C=O) groups excluding carboxylic acids is 2. The fraction of sp³-hybridized carbons (Fsp3) is 0.375. The first kappa shape index (κ1) is 13.2. The molecule has 0 amide bonds. The lowest BCUT2D eigenvalue weighted by atomic mass is 10.3. The summed E-state index contributed by atoms with van der Waals surface area (Å²) in [6, 6.07) is 0. The summed E-state index contributed by atoms with van der Waals surface area (Å²) >= 11 is 0.616. The van der Waals surface area contributed by atoms with E-state index in [9.17, 15) is 19.2 Å². The highest BCUT2D eigenvalue weighted by molar-refractivity contribution is 8.01. The maximum Gasteiger partial charge on any atom is 0.342 e. The number of ether oxygens (including phenoxy) is 1. The Hall–Kier alpha value is -1.90. The van der Waals surface area contributed by atoms with E-state index in [4.69, 9.17) is 0 Å². The molecule has 17 heavy (non-hydrogen) atoms. The SMILES string of the molecule is COC(=O)[C@@H](Sc1n[nH]c(=O)[nH]c1=O)C(C)=O. The molecule has 0 aliphatic heterocycles. The number of H-pyrrole nitrogens is 2. The molecule has 0 saturated heterocycles. The van der Waals surface area contributed by atoms with Crippen LogP contribution in [-0.2, 0) is 14.3 Å². The van der Waals surface area contributed by atoms with Crippen molar-refractivity contribution < 1.29 is 14.3 Å². The van der Waals surface area contributed by atoms with E-state index in [1.807, 2.05) is 10.1 Å². The van der Waals surface area contributed by atoms with Gasteiger partial charge in [-0.3, -0.25) is 19.4 Å². The summed E-state index contributed by atoms with van der Waals surface area (Å²) in [6.45, 7) is 1.19. The number of hydrogen-bond acceptors (Lipinski definition) is 7. The lowest BCUT2D eigenvalue weighted by Crippen LogP contribution is -2.30. The average Bonchev–Trinajstić information content (AvgIpc) is 2.26. The van der Waals surface area contributed by atoms with E-state index in [1.165, 1.54) is 6.92 Å². The molecule has 1 heterocycles. The van der Waals surface area contributed by atoms with Gasteiger partial charge in [0.1, 0.15) is 0 Å². The highest BCUT2D eigenvalue weighted by atomic mass is 32.2. The zero-order chi connectivity index (χ0) is 13.0. The van der Waals surface area contributed by atoms with Crippen LogP contribution >= 0.6 is 11.8 Å². The third-order valence-corrected chi connectivity index (χ3v) is 2.95. The zero-order valence-corrected chi connectivity index (χ0v) is 9.79. The third kappa shape index (κ3) is 3.28. The van der Waals surface area contributed by atoms with Gasteiger partial charge in [-0.25, -0.2) is 9.89 Å². The monoisotopic (exact) mass is 259 g/mol. The number of nitrogens with one attached hydrogen (secondary N) is 2. The molecule has 0 saturated carbocycles. The number of Topliss-reactive ketones (excluding diaryl/α,β-unsaturated/α-hetero) is 1. The molecule has 1 atom stereocenters. The van der Waals surface area contributed by atoms with E-state index in [2.05, 4.69) is 9.84 Å². The van der Waals surface area contributed by atoms with Gasteiger partial charge in [-0.2, -0.15) is 5.10 Å². The number of aromatic amines is 2. The van der Waals surface area contributed by atoms with Crippen LogP contribution in [0, 0.1) is 0 Å². The van der Waals surface area contributed by atoms with Crippen LogP contribution in [-0.4, -0.2) is 39.3 Å². The van der Waals surface area contributed by atoms with Gasteiger partial charge in [-0.05, 0) is 6.92 Å². The largest absolute Gasteiger partial charge is 0.468 e. The predicted molar refractivity (Wildman–Crippen MR) is 57.8 cm³/mol. The summed E-state index contributed by atoms with van der Waals surface area (Å²) < 4.78 is 4.42. The predicted octanol–water partition coefficient (Wildman–Crippen LogP) is -1.32. The van der Waals surface area contributed by atoms with E-state index in [0.717, 1.165) is 7.11 Å². The summed E-state index contributed by atoms with van der Waals surface area (Å²) in [5.41, 5.74) is -1.54. The number of rotatable bonds is 4. The number of esters is 1. The molecular formula is C8H9N3O5S. The number of methoxy groups -OCH3 is 1. The Bertz CT molecular complexity index is 549. The molecule has 0 radical (unpaired) electrons. The van der Waals surface area contributed by atoms with Gasteiger partial charge in [0.2, 0.25) is 0 Å². The van der Waals surface area contributed by atoms with Crippen LogP contribution in [0.25, 0.3) is 0 Å². The van der Waals surface area contributed by atoms with Gasteiger partial charge in [0.05, 0.1) is 7.11 Å². The molecule has 0 fully saturated rings. The first-order valence-electron chi connectivity index (χ1n) is 4.39. The highest BCUT2D eigenvalue weighted by Gasteiger charge is 2.27. The summed E-state index contributed by atoms with van der Waals surface area (Å²) in [5, 5.41) is 4.07. The van der Waals surface area contributed by atoms with Gasteiger partial charge in [-0.1, -0.05) is 11.8 Å². The standard InChI is InChI=1S/C8H9N3O5S/c1-3(12)4(7(14)16-2)17-6-5(13)9-8(15)11-10-6/h4H,1-2H3,(H2,9,11,13,15)/t4-/m0/s1. The first-order chi connectivity index (χ1) is 7.95. The highest BCUT2D eigenvalue weighted by Crippen LogP contribution is 2.18. The van der Waals surface area contributed by atoms with Crippen LogP contribution in [0.4, 0.5) is 0 Å². The molecule has 0 aromatic carbocycles. The lowest BCUT2D eigenvalue weighted by molar-refractivity contribution is -0.142. The molecule has 0 unspecified atom stereocenters. The van der Waals surface area contributed by atoms with Gasteiger partial charge in [-0.15, -0.1) is 0 Å². The maximum atomic E-state index is 11.3. The number of carbonyl (C=O) groups is 2. The topological polar surface area (TPSA) is 122 Å². The second-order valence-corrected chi connectivity index (χ2v) is 4.04. The molecule has 1 aromatic heterocycles. The Morgan fingerprint density at radius 3 is 2.53 bits per heavy atom. The number of thioether (sulfide) groups is 1. The van der Waals surface area contributed by atoms with E-state index in [1.54, 1.807) is 0 Å². The van der Waals surface area contributed by atoms with E-state index in [-0.39, 0.29) is 5.03 Å². The molecule has 0 aliphatic rings. The summed E-state index contributed by atoms with van der Waals surface area (Å²) in [7, 11) is 1.13. The Morgan fingerprint density at radius 1 is 1.41 bits per heavy atom. The quantitative estimate of drug-likeness (QED) is 0.390. The smallest absolute Gasteiger partial charge is 0.342 e. The molecule has 0 bridgehead atoms. The molecule has 9 heteroatoms. The van der Waals surface area contributed by atoms with Crippen molar-refractivity contribution in [1.82, 2.24) is 15.2 Å². The minimum atomic E-state index is -1.18. The van der Waals surface area contributed by atoms with Gasteiger partial charge in [0.25, 0.3) is 5.56 Å². The Kier molecular flexibility index (Phi) is 4.21. The first-order valence-corrected chi connectivity index (χ1v) is 5.27. The van der Waals surface area contributed by atoms with E-state index in [0.29, 0.717) is 11.8 Å². The van der Waals surface area contributed by atoms with Crippen molar-refractivity contribution in [2.45, 2.75) is 17.2 Å². The minimum absolute atomic E-state index is 0.185. The molecule has 2 N–H and O–H groups in total. The van der Waals surface area contributed by atoms with Gasteiger partial charge >= 0.3 is 11.7 Å². The van der Waals surface area contributed by atoms with Gasteiger partial charge < -0.3 is 4.74 Å². The lowest BCUT2D eigenvalue weighted by Gasteiger charge is -2.08. The van der Waals surface area contributed by atoms with Crippen molar-refractivity contribution in [3.05, 3.63) is 20.8 Å². The van der Waals surface area contributed by atoms with Crippen molar-refractivity contribution in [2.24, 2.45) is 0 Å². The maximum absolute atomic E-state index is 11.3. The fourth-order valence-corrected chi connectivity index (χ4v) is 1.77. The number of ketones is 1. The summed E-state index contributed by atoms with van der Waals surface area (Å²) in [5.74, 6) is -1.26. The normalized spacial score (nSPS) is 11.9. The van der Waals surface area contributed by atoms with Crippen LogP contribution in [0.2, 0.25) is 0 Å². The molecule has 0 spiro atoms. The third-order valence-electron chi connectivity index (χ3n) is 1.69. The molecule has 1 aromatic rings. The zero-order valence-electron chi connectivity index (χ0n) is 8.97. The van der Waals surface area contributed by atoms with Crippen molar-refractivity contribution >= 4 is 23.5 Å².